The van der Waals surface area contributed by atoms with Gasteiger partial charge in [0.25, 0.3) is 0 Å². The van der Waals surface area contributed by atoms with Gasteiger partial charge in [-0.05, 0) is 42.0 Å². The summed E-state index contributed by atoms with van der Waals surface area (Å²) in [4.78, 5) is 13.2. The molecule has 0 aliphatic rings. The van der Waals surface area contributed by atoms with E-state index in [1.54, 1.807) is 19.5 Å². The van der Waals surface area contributed by atoms with E-state index in [0.717, 1.165) is 39.3 Å². The number of ether oxygens (including phenoxy) is 1. The molecule has 2 aromatic heterocycles. The van der Waals surface area contributed by atoms with Crippen molar-refractivity contribution in [2.24, 2.45) is 0 Å². The van der Waals surface area contributed by atoms with Crippen LogP contribution in [0.5, 0.6) is 5.75 Å². The van der Waals surface area contributed by atoms with E-state index in [-0.39, 0.29) is 0 Å². The maximum Gasteiger partial charge on any atom is 0.163 e. The Morgan fingerprint density at radius 1 is 0.967 bits per heavy atom. The van der Waals surface area contributed by atoms with Gasteiger partial charge in [0.2, 0.25) is 0 Å². The highest BCUT2D eigenvalue weighted by atomic mass is 16.5. The summed E-state index contributed by atoms with van der Waals surface area (Å²) >= 11 is 0. The minimum Gasteiger partial charge on any atom is -0.497 e. The van der Waals surface area contributed by atoms with E-state index < -0.39 is 0 Å². The zero-order valence-corrected chi connectivity index (χ0v) is 17.4. The van der Waals surface area contributed by atoms with Crippen LogP contribution >= 0.6 is 0 Å². The first-order valence-corrected chi connectivity index (χ1v) is 9.53. The quantitative estimate of drug-likeness (QED) is 0.486. The Bertz CT molecular complexity index is 1130. The summed E-state index contributed by atoms with van der Waals surface area (Å²) in [5.74, 6) is 2.21. The van der Waals surface area contributed by atoms with Gasteiger partial charge in [0, 0.05) is 43.1 Å². The highest BCUT2D eigenvalue weighted by Crippen LogP contribution is 2.27. The van der Waals surface area contributed by atoms with Crippen LogP contribution in [0.1, 0.15) is 5.56 Å². The summed E-state index contributed by atoms with van der Waals surface area (Å²) in [5, 5.41) is 7.11. The van der Waals surface area contributed by atoms with Gasteiger partial charge < -0.3 is 15.4 Å². The van der Waals surface area contributed by atoms with Gasteiger partial charge in [0.1, 0.15) is 11.6 Å². The molecule has 6 heteroatoms. The summed E-state index contributed by atoms with van der Waals surface area (Å²) in [6, 6.07) is 17.6. The van der Waals surface area contributed by atoms with Crippen molar-refractivity contribution in [3.8, 4) is 17.1 Å². The lowest BCUT2D eigenvalue weighted by atomic mass is 10.2. The molecular weight excluding hydrogens is 374 g/mol. The Labute approximate surface area is 176 Å². The highest BCUT2D eigenvalue weighted by molar-refractivity contribution is 5.91. The van der Waals surface area contributed by atoms with Gasteiger partial charge in [-0.3, -0.25) is 4.98 Å². The molecule has 0 unspecified atom stereocenters. The van der Waals surface area contributed by atoms with Gasteiger partial charge in [-0.2, -0.15) is 0 Å². The average Bonchev–Trinajstić information content (AvgIpc) is 2.83. The minimum atomic E-state index is 0.653. The number of hydrogen-bond acceptors (Lipinski definition) is 6. The third kappa shape index (κ3) is 4.72. The molecule has 2 heterocycles. The van der Waals surface area contributed by atoms with Gasteiger partial charge in [-0.1, -0.05) is 30.9 Å². The van der Waals surface area contributed by atoms with E-state index in [2.05, 4.69) is 32.2 Å². The molecule has 0 aliphatic heterocycles. The Balaban J connectivity index is 0.000000216. The van der Waals surface area contributed by atoms with Crippen molar-refractivity contribution in [1.29, 1.82) is 0 Å². The molecule has 4 aromatic rings. The lowest BCUT2D eigenvalue weighted by Gasteiger charge is -2.09. The molecule has 30 heavy (non-hydrogen) atoms. The van der Waals surface area contributed by atoms with E-state index in [1.165, 1.54) is 0 Å². The lowest BCUT2D eigenvalue weighted by molar-refractivity contribution is 0.415. The predicted octanol–water partition coefficient (Wildman–Crippen LogP) is 5.11. The minimum absolute atomic E-state index is 0.653. The van der Waals surface area contributed by atoms with Crippen molar-refractivity contribution in [3.05, 3.63) is 79.1 Å². The number of para-hydroxylation sites is 1. The fraction of sp³-hybridized carbons (Fsp3) is 0.125. The fourth-order valence-corrected chi connectivity index (χ4v) is 2.95. The summed E-state index contributed by atoms with van der Waals surface area (Å²) in [5.41, 5.74) is 4.02. The molecule has 2 aromatic carbocycles. The van der Waals surface area contributed by atoms with E-state index in [4.69, 9.17) is 4.74 Å². The number of anilines is 2. The van der Waals surface area contributed by atoms with Gasteiger partial charge in [0.15, 0.2) is 5.82 Å². The number of pyridine rings is 1. The van der Waals surface area contributed by atoms with Gasteiger partial charge in [-0.25, -0.2) is 9.97 Å². The molecule has 0 fully saturated rings. The molecule has 0 radical (unpaired) electrons. The number of rotatable bonds is 5. The summed E-state index contributed by atoms with van der Waals surface area (Å²) in [6.45, 7) is 3.70. The van der Waals surface area contributed by atoms with Crippen LogP contribution in [0.4, 0.5) is 11.5 Å². The third-order valence-electron chi connectivity index (χ3n) is 4.51. The van der Waals surface area contributed by atoms with E-state index in [1.807, 2.05) is 74.8 Å². The largest absolute Gasteiger partial charge is 0.497 e. The second-order valence-electron chi connectivity index (χ2n) is 6.31. The number of fused-ring (bicyclic) bond motifs is 1. The van der Waals surface area contributed by atoms with E-state index in [0.29, 0.717) is 5.82 Å². The number of nitrogens with zero attached hydrogens (tertiary/aromatic N) is 3. The Kier molecular flexibility index (Phi) is 6.95. The number of hydrogen-bond donors (Lipinski definition) is 2. The molecule has 6 nitrogen and oxygen atoms in total. The summed E-state index contributed by atoms with van der Waals surface area (Å²) < 4.78 is 5.24. The Hall–Kier alpha value is -3.93. The second-order valence-corrected chi connectivity index (χ2v) is 6.31. The average molecular weight is 399 g/mol. The molecular formula is C24H25N5O. The first-order valence-electron chi connectivity index (χ1n) is 9.53. The highest BCUT2D eigenvalue weighted by Gasteiger charge is 2.09. The van der Waals surface area contributed by atoms with Crippen LogP contribution in [0.25, 0.3) is 28.4 Å². The van der Waals surface area contributed by atoms with Crippen LogP contribution in [-0.4, -0.2) is 36.2 Å². The zero-order chi connectivity index (χ0) is 21.3. The van der Waals surface area contributed by atoms with Crippen molar-refractivity contribution in [3.63, 3.8) is 0 Å². The van der Waals surface area contributed by atoms with Crippen molar-refractivity contribution in [2.45, 2.75) is 0 Å². The van der Waals surface area contributed by atoms with Crippen LogP contribution in [-0.2, 0) is 0 Å². The standard InChI is InChI=1S/C15H14N4O.C9H11N/c1-16-15-12-8-11(20-2)5-6-13(12)18-14(19-15)10-4-3-7-17-9-10;1-3-8-6-4-5-7-9(8)10-2/h3-9H,1-2H3,(H,16,18,19);3-7,10H,1H2,2H3. The lowest BCUT2D eigenvalue weighted by Crippen LogP contribution is -1.99. The molecule has 0 saturated heterocycles. The molecule has 0 atom stereocenters. The SMILES string of the molecule is C=Cc1ccccc1NC.CNc1nc(-c2cccnc2)nc2ccc(OC)cc12. The van der Waals surface area contributed by atoms with Crippen LogP contribution < -0.4 is 15.4 Å². The smallest absolute Gasteiger partial charge is 0.163 e. The first-order chi connectivity index (χ1) is 14.7. The summed E-state index contributed by atoms with van der Waals surface area (Å²) in [6.07, 6.45) is 5.32. The molecule has 2 N–H and O–H groups in total. The molecule has 0 amide bonds. The molecule has 0 saturated carbocycles. The number of nitrogens with one attached hydrogen (secondary N) is 2. The van der Waals surface area contributed by atoms with Crippen LogP contribution in [0, 0.1) is 0 Å². The predicted molar refractivity (Wildman–Crippen MR) is 125 cm³/mol. The number of aromatic nitrogens is 3. The molecule has 0 aliphatic carbocycles. The third-order valence-corrected chi connectivity index (χ3v) is 4.51. The molecule has 0 bridgehead atoms. The van der Waals surface area contributed by atoms with Gasteiger partial charge in [0.05, 0.1) is 12.6 Å². The van der Waals surface area contributed by atoms with E-state index >= 15 is 0 Å². The van der Waals surface area contributed by atoms with Crippen molar-refractivity contribution >= 4 is 28.5 Å². The first kappa shape index (κ1) is 20.8. The van der Waals surface area contributed by atoms with Gasteiger partial charge in [-0.15, -0.1) is 0 Å². The normalized spacial score (nSPS) is 9.97. The molecule has 4 rings (SSSR count). The van der Waals surface area contributed by atoms with Crippen molar-refractivity contribution in [1.82, 2.24) is 15.0 Å². The van der Waals surface area contributed by atoms with E-state index in [9.17, 15) is 0 Å². The maximum absolute atomic E-state index is 5.24. The summed E-state index contributed by atoms with van der Waals surface area (Å²) in [7, 11) is 5.39. The molecule has 152 valence electrons. The van der Waals surface area contributed by atoms with Crippen LogP contribution in [0.3, 0.4) is 0 Å². The van der Waals surface area contributed by atoms with Crippen LogP contribution in [0.15, 0.2) is 73.6 Å². The van der Waals surface area contributed by atoms with Crippen LogP contribution in [0.2, 0.25) is 0 Å². The number of methoxy groups -OCH3 is 1. The monoisotopic (exact) mass is 399 g/mol. The van der Waals surface area contributed by atoms with Gasteiger partial charge >= 0.3 is 0 Å². The van der Waals surface area contributed by atoms with Crippen molar-refractivity contribution in [2.75, 3.05) is 31.8 Å². The maximum atomic E-state index is 5.24. The molecule has 0 spiro atoms. The fourth-order valence-electron chi connectivity index (χ4n) is 2.95. The van der Waals surface area contributed by atoms with Crippen molar-refractivity contribution < 1.29 is 4.74 Å². The zero-order valence-electron chi connectivity index (χ0n) is 17.4. The number of benzene rings is 2. The Morgan fingerprint density at radius 2 is 1.80 bits per heavy atom. The Morgan fingerprint density at radius 3 is 2.43 bits per heavy atom. The second kappa shape index (κ2) is 10.0. The topological polar surface area (TPSA) is 72.0 Å².